The zero-order valence-electron chi connectivity index (χ0n) is 20.2. The van der Waals surface area contributed by atoms with Crippen LogP contribution < -0.4 is 26.1 Å². The summed E-state index contributed by atoms with van der Waals surface area (Å²) in [6.07, 6.45) is 0.711. The molecule has 2 aliphatic carbocycles. The molecule has 4 fully saturated rings. The Balaban J connectivity index is 1.27. The van der Waals surface area contributed by atoms with E-state index in [1.54, 1.807) is 0 Å². The molecule has 2 aliphatic heterocycles. The summed E-state index contributed by atoms with van der Waals surface area (Å²) in [7, 11) is 0. The second kappa shape index (κ2) is 10.1. The number of rotatable bonds is 7. The molecule has 0 aromatic heterocycles. The molecule has 4 aliphatic rings. The van der Waals surface area contributed by atoms with E-state index in [0.717, 1.165) is 31.6 Å². The molecule has 7 atom stereocenters. The topological polar surface area (TPSA) is 101 Å². The van der Waals surface area contributed by atoms with Gasteiger partial charge in [-0.3, -0.25) is 4.79 Å². The number of benzene rings is 1. The number of nitrogens with one attached hydrogen (secondary N) is 4. The molecule has 1 amide bonds. The van der Waals surface area contributed by atoms with Crippen LogP contribution in [0.15, 0.2) is 24.3 Å². The molecule has 0 spiro atoms. The Kier molecular flexibility index (Phi) is 7.03. The van der Waals surface area contributed by atoms with E-state index in [-0.39, 0.29) is 29.7 Å². The highest BCUT2D eigenvalue weighted by molar-refractivity contribution is 5.82. The summed E-state index contributed by atoms with van der Waals surface area (Å²) in [5.74, 6) is -0.183. The standard InChI is InChI=1S/C25H33F3N6O2/c1-14(15-2-3-15)31-18-6-9-20(16(12-18)13-29)34-21-10-11-30-24(35)22(21)23(33-34)32-17-4-7-19(8-5-17)36-25(26,27)28/h4-5,7-8,14-16,18,20-23,31-33H,2-3,6,9-12H2,1H3,(H,30,35)/t14-,16+,18+,20-,21?,22?,23?/m0/s1. The molecule has 196 valence electrons. The second-order valence-corrected chi connectivity index (χ2v) is 10.5. The molecule has 8 nitrogen and oxygen atoms in total. The SMILES string of the molecule is C[C@H](N[C@@H]1CC[C@H](N2NC(Nc3ccc(OC(F)(F)F)cc3)C3C(=O)NCCC32)[C@@H](C#N)C1)C1CC1. The number of halogens is 3. The third-order valence-corrected chi connectivity index (χ3v) is 8.04. The molecular formula is C25H33F3N6O2. The van der Waals surface area contributed by atoms with E-state index in [1.165, 1.54) is 37.1 Å². The number of hydrogen-bond donors (Lipinski definition) is 4. The lowest BCUT2D eigenvalue weighted by atomic mass is 9.80. The lowest BCUT2D eigenvalue weighted by molar-refractivity contribution is -0.274. The number of anilines is 1. The summed E-state index contributed by atoms with van der Waals surface area (Å²) in [5, 5.41) is 22.1. The van der Waals surface area contributed by atoms with Crippen molar-refractivity contribution in [3.05, 3.63) is 24.3 Å². The van der Waals surface area contributed by atoms with Crippen LogP contribution in [-0.4, -0.2) is 54.2 Å². The summed E-state index contributed by atoms with van der Waals surface area (Å²) in [5.41, 5.74) is 4.03. The lowest BCUT2D eigenvalue weighted by Crippen LogP contribution is -2.56. The molecule has 1 aromatic carbocycles. The minimum atomic E-state index is -4.75. The maximum absolute atomic E-state index is 12.9. The molecule has 5 rings (SSSR count). The Morgan fingerprint density at radius 1 is 1.14 bits per heavy atom. The predicted octanol–water partition coefficient (Wildman–Crippen LogP) is 3.10. The Labute approximate surface area is 208 Å². The van der Waals surface area contributed by atoms with Crippen molar-refractivity contribution >= 4 is 11.6 Å². The van der Waals surface area contributed by atoms with Gasteiger partial charge >= 0.3 is 6.36 Å². The largest absolute Gasteiger partial charge is 0.573 e. The maximum atomic E-state index is 12.9. The van der Waals surface area contributed by atoms with Crippen LogP contribution in [0.5, 0.6) is 5.75 Å². The van der Waals surface area contributed by atoms with E-state index in [1.807, 2.05) is 0 Å². The van der Waals surface area contributed by atoms with Crippen LogP contribution >= 0.6 is 0 Å². The number of hydrazine groups is 1. The van der Waals surface area contributed by atoms with Crippen molar-refractivity contribution in [1.29, 1.82) is 5.26 Å². The Morgan fingerprint density at radius 3 is 2.56 bits per heavy atom. The van der Waals surface area contributed by atoms with Crippen LogP contribution in [0.2, 0.25) is 0 Å². The number of hydrogen-bond acceptors (Lipinski definition) is 7. The van der Waals surface area contributed by atoms with Gasteiger partial charge in [-0.1, -0.05) is 0 Å². The second-order valence-electron chi connectivity index (χ2n) is 10.5. The van der Waals surface area contributed by atoms with E-state index in [4.69, 9.17) is 0 Å². The summed E-state index contributed by atoms with van der Waals surface area (Å²) in [6.45, 7) is 2.80. The van der Waals surface area contributed by atoms with E-state index < -0.39 is 18.4 Å². The quantitative estimate of drug-likeness (QED) is 0.451. The average Bonchev–Trinajstić information content (AvgIpc) is 3.62. The fourth-order valence-electron chi connectivity index (χ4n) is 6.12. The van der Waals surface area contributed by atoms with Crippen molar-refractivity contribution in [2.75, 3.05) is 11.9 Å². The molecule has 3 unspecified atom stereocenters. The number of carbonyl (C=O) groups is 1. The predicted molar refractivity (Wildman–Crippen MR) is 126 cm³/mol. The fraction of sp³-hybridized carbons (Fsp3) is 0.680. The van der Waals surface area contributed by atoms with Crippen LogP contribution in [-0.2, 0) is 4.79 Å². The van der Waals surface area contributed by atoms with Crippen LogP contribution in [0.4, 0.5) is 18.9 Å². The van der Waals surface area contributed by atoms with Gasteiger partial charge in [-0.05, 0) is 75.6 Å². The zero-order chi connectivity index (χ0) is 25.4. The Morgan fingerprint density at radius 2 is 1.89 bits per heavy atom. The monoisotopic (exact) mass is 506 g/mol. The summed E-state index contributed by atoms with van der Waals surface area (Å²) in [4.78, 5) is 12.9. The highest BCUT2D eigenvalue weighted by Crippen LogP contribution is 2.38. The normalized spacial score (nSPS) is 33.8. The first-order valence-electron chi connectivity index (χ1n) is 12.8. The van der Waals surface area contributed by atoms with Gasteiger partial charge in [0.25, 0.3) is 0 Å². The van der Waals surface area contributed by atoms with Gasteiger partial charge < -0.3 is 20.7 Å². The van der Waals surface area contributed by atoms with E-state index >= 15 is 0 Å². The first-order chi connectivity index (χ1) is 17.2. The van der Waals surface area contributed by atoms with Gasteiger partial charge in [-0.2, -0.15) is 5.26 Å². The van der Waals surface area contributed by atoms with E-state index in [0.29, 0.717) is 24.3 Å². The number of ether oxygens (including phenoxy) is 1. The van der Waals surface area contributed by atoms with Gasteiger partial charge in [0.05, 0.1) is 17.9 Å². The Hall–Kier alpha value is -2.55. The smallest absolute Gasteiger partial charge is 0.406 e. The van der Waals surface area contributed by atoms with Crippen molar-refractivity contribution in [1.82, 2.24) is 21.1 Å². The van der Waals surface area contributed by atoms with E-state index in [2.05, 4.69) is 44.1 Å². The van der Waals surface area contributed by atoms with Crippen LogP contribution in [0.3, 0.4) is 0 Å². The summed E-state index contributed by atoms with van der Waals surface area (Å²) >= 11 is 0. The third kappa shape index (κ3) is 5.56. The van der Waals surface area contributed by atoms with E-state index in [9.17, 15) is 23.2 Å². The van der Waals surface area contributed by atoms with Crippen molar-refractivity contribution in [3.63, 3.8) is 0 Å². The number of piperidine rings is 1. The molecule has 4 N–H and O–H groups in total. The lowest BCUT2D eigenvalue weighted by Gasteiger charge is -2.42. The van der Waals surface area contributed by atoms with Crippen molar-refractivity contribution in [2.45, 2.75) is 82.1 Å². The minimum absolute atomic E-state index is 0.0166. The van der Waals surface area contributed by atoms with Gasteiger partial charge in [0.2, 0.25) is 5.91 Å². The molecule has 2 heterocycles. The molecule has 0 bridgehead atoms. The molecule has 11 heteroatoms. The van der Waals surface area contributed by atoms with Gasteiger partial charge in [0.15, 0.2) is 0 Å². The van der Waals surface area contributed by atoms with Crippen LogP contribution in [0, 0.1) is 29.1 Å². The molecule has 2 saturated heterocycles. The third-order valence-electron chi connectivity index (χ3n) is 8.04. The minimum Gasteiger partial charge on any atom is -0.406 e. The summed E-state index contributed by atoms with van der Waals surface area (Å²) in [6, 6.07) is 8.71. The van der Waals surface area contributed by atoms with Crippen LogP contribution in [0.1, 0.15) is 45.4 Å². The first-order valence-corrected chi connectivity index (χ1v) is 12.8. The highest BCUT2D eigenvalue weighted by Gasteiger charge is 2.51. The maximum Gasteiger partial charge on any atom is 0.573 e. The van der Waals surface area contributed by atoms with Crippen molar-refractivity contribution < 1.29 is 22.7 Å². The van der Waals surface area contributed by atoms with Crippen molar-refractivity contribution in [3.8, 4) is 11.8 Å². The first kappa shape index (κ1) is 25.1. The number of alkyl halides is 3. The van der Waals surface area contributed by atoms with Gasteiger partial charge in [0, 0.05) is 36.4 Å². The van der Waals surface area contributed by atoms with Gasteiger partial charge in [-0.15, -0.1) is 13.2 Å². The van der Waals surface area contributed by atoms with Crippen LogP contribution in [0.25, 0.3) is 0 Å². The molecule has 36 heavy (non-hydrogen) atoms. The van der Waals surface area contributed by atoms with Crippen molar-refractivity contribution in [2.24, 2.45) is 17.8 Å². The number of nitrogens with zero attached hydrogens (tertiary/aromatic N) is 2. The highest BCUT2D eigenvalue weighted by atomic mass is 19.4. The number of fused-ring (bicyclic) bond motifs is 1. The molecular weight excluding hydrogens is 473 g/mol. The fourth-order valence-corrected chi connectivity index (χ4v) is 6.12. The Bertz CT molecular complexity index is 979. The zero-order valence-corrected chi connectivity index (χ0v) is 20.2. The molecule has 1 aromatic rings. The van der Waals surface area contributed by atoms with Gasteiger partial charge in [-0.25, -0.2) is 10.4 Å². The summed E-state index contributed by atoms with van der Waals surface area (Å²) < 4.78 is 41.4. The van der Waals surface area contributed by atoms with Gasteiger partial charge in [0.1, 0.15) is 11.9 Å². The number of nitriles is 1. The molecule has 0 radical (unpaired) electrons. The number of amides is 1. The average molecular weight is 507 g/mol. The molecule has 2 saturated carbocycles. The number of carbonyl (C=O) groups excluding carboxylic acids is 1.